The molecule has 5 nitrogen and oxygen atoms in total. The summed E-state index contributed by atoms with van der Waals surface area (Å²) in [5, 5.41) is 3.82. The lowest BCUT2D eigenvalue weighted by Crippen LogP contribution is -2.44. The summed E-state index contributed by atoms with van der Waals surface area (Å²) in [5.41, 5.74) is -0.403. The largest absolute Gasteiger partial charge is 0.444 e. The maximum absolute atomic E-state index is 12.4. The van der Waals surface area contributed by atoms with Crippen LogP contribution >= 0.6 is 0 Å². The number of amides is 1. The van der Waals surface area contributed by atoms with Gasteiger partial charge in [-0.2, -0.15) is 0 Å². The Bertz CT molecular complexity index is 440. The summed E-state index contributed by atoms with van der Waals surface area (Å²) in [7, 11) is 2.22. The van der Waals surface area contributed by atoms with E-state index in [4.69, 9.17) is 4.74 Å². The van der Waals surface area contributed by atoms with Crippen molar-refractivity contribution in [1.29, 1.82) is 0 Å². The second-order valence-electron chi connectivity index (χ2n) is 9.21. The molecule has 0 aromatic carbocycles. The summed E-state index contributed by atoms with van der Waals surface area (Å²) in [6.07, 6.45) is 5.96. The molecule has 1 saturated carbocycles. The third-order valence-electron chi connectivity index (χ3n) is 5.84. The highest BCUT2D eigenvalue weighted by molar-refractivity contribution is 5.69. The van der Waals surface area contributed by atoms with Gasteiger partial charge in [-0.05, 0) is 91.4 Å². The Morgan fingerprint density at radius 2 is 1.88 bits per heavy atom. The molecule has 2 heterocycles. The third-order valence-corrected chi connectivity index (χ3v) is 5.84. The van der Waals surface area contributed by atoms with Gasteiger partial charge in [-0.25, -0.2) is 4.79 Å². The van der Waals surface area contributed by atoms with Crippen LogP contribution in [0.5, 0.6) is 0 Å². The number of nitrogens with one attached hydrogen (secondary N) is 1. The number of carbonyl (C=O) groups excluding carboxylic acids is 1. The molecule has 3 aliphatic rings. The number of hydrogen-bond donors (Lipinski definition) is 1. The molecular weight excluding hydrogens is 302 g/mol. The highest BCUT2D eigenvalue weighted by Crippen LogP contribution is 2.36. The van der Waals surface area contributed by atoms with Crippen LogP contribution in [-0.4, -0.2) is 66.8 Å². The topological polar surface area (TPSA) is 44.8 Å². The van der Waals surface area contributed by atoms with Gasteiger partial charge in [-0.3, -0.25) is 0 Å². The molecule has 0 unspecified atom stereocenters. The number of piperidine rings is 1. The molecule has 1 amide bonds. The summed E-state index contributed by atoms with van der Waals surface area (Å²) < 4.78 is 5.59. The molecule has 1 N–H and O–H groups in total. The van der Waals surface area contributed by atoms with Gasteiger partial charge in [-0.15, -0.1) is 0 Å². The van der Waals surface area contributed by atoms with Crippen molar-refractivity contribution in [2.45, 2.75) is 70.6 Å². The van der Waals surface area contributed by atoms with Gasteiger partial charge in [0, 0.05) is 18.6 Å². The molecule has 0 aromatic heterocycles. The molecule has 3 rings (SSSR count). The fourth-order valence-corrected chi connectivity index (χ4v) is 4.55. The van der Waals surface area contributed by atoms with Gasteiger partial charge < -0.3 is 19.9 Å². The van der Waals surface area contributed by atoms with Crippen molar-refractivity contribution in [3.8, 4) is 0 Å². The van der Waals surface area contributed by atoms with Crippen LogP contribution in [0.2, 0.25) is 0 Å². The molecule has 3 fully saturated rings. The minimum Gasteiger partial charge on any atom is -0.444 e. The van der Waals surface area contributed by atoms with E-state index in [9.17, 15) is 4.79 Å². The lowest BCUT2D eigenvalue weighted by atomic mass is 9.86. The van der Waals surface area contributed by atoms with Crippen molar-refractivity contribution in [3.63, 3.8) is 0 Å². The van der Waals surface area contributed by atoms with E-state index in [0.717, 1.165) is 31.8 Å². The smallest absolute Gasteiger partial charge is 0.410 e. The molecule has 5 heteroatoms. The van der Waals surface area contributed by atoms with Crippen LogP contribution in [0, 0.1) is 11.8 Å². The van der Waals surface area contributed by atoms with Gasteiger partial charge in [0.15, 0.2) is 0 Å². The maximum Gasteiger partial charge on any atom is 0.410 e. The van der Waals surface area contributed by atoms with E-state index in [0.29, 0.717) is 18.0 Å². The van der Waals surface area contributed by atoms with Gasteiger partial charge in [0.2, 0.25) is 0 Å². The number of fused-ring (bicyclic) bond motifs is 2. The van der Waals surface area contributed by atoms with Gasteiger partial charge in [0.05, 0.1) is 0 Å². The zero-order chi connectivity index (χ0) is 17.3. The van der Waals surface area contributed by atoms with E-state index in [-0.39, 0.29) is 6.09 Å². The van der Waals surface area contributed by atoms with E-state index < -0.39 is 5.60 Å². The lowest BCUT2D eigenvalue weighted by Gasteiger charge is -2.33. The van der Waals surface area contributed by atoms with E-state index in [1.165, 1.54) is 32.4 Å². The van der Waals surface area contributed by atoms with Gasteiger partial charge in [-0.1, -0.05) is 0 Å². The normalized spacial score (nSPS) is 32.2. The molecule has 2 saturated heterocycles. The molecule has 24 heavy (non-hydrogen) atoms. The SMILES string of the molecule is CN1CCC(CN[C@H]2C[C@H]3C[C@@H](C2)N(C(=O)OC(C)(C)C)C3)CC1. The van der Waals surface area contributed by atoms with Crippen molar-refractivity contribution in [2.24, 2.45) is 11.8 Å². The summed E-state index contributed by atoms with van der Waals surface area (Å²) in [4.78, 5) is 16.8. The van der Waals surface area contributed by atoms with E-state index >= 15 is 0 Å². The Morgan fingerprint density at radius 1 is 1.17 bits per heavy atom. The first-order valence-corrected chi connectivity index (χ1v) is 9.71. The lowest BCUT2D eigenvalue weighted by molar-refractivity contribution is 0.0219. The standard InChI is InChI=1S/C19H35N3O2/c1-19(2,3)24-18(23)22-13-15-9-16(11-17(22)10-15)20-12-14-5-7-21(4)8-6-14/h14-17,20H,5-13H2,1-4H3/t15-,16-,17-/m0/s1. The van der Waals surface area contributed by atoms with E-state index in [1.807, 2.05) is 25.7 Å². The summed E-state index contributed by atoms with van der Waals surface area (Å²) >= 11 is 0. The molecule has 0 radical (unpaired) electrons. The van der Waals surface area contributed by atoms with Gasteiger partial charge in [0.25, 0.3) is 0 Å². The van der Waals surface area contributed by atoms with Crippen molar-refractivity contribution >= 4 is 6.09 Å². The number of hydrogen-bond acceptors (Lipinski definition) is 4. The van der Waals surface area contributed by atoms with Crippen molar-refractivity contribution in [3.05, 3.63) is 0 Å². The molecule has 138 valence electrons. The van der Waals surface area contributed by atoms with Gasteiger partial charge in [0.1, 0.15) is 5.60 Å². The van der Waals surface area contributed by atoms with E-state index in [1.54, 1.807) is 0 Å². The monoisotopic (exact) mass is 337 g/mol. The van der Waals surface area contributed by atoms with Crippen LogP contribution in [0.15, 0.2) is 0 Å². The first-order valence-electron chi connectivity index (χ1n) is 9.71. The summed E-state index contributed by atoms with van der Waals surface area (Å²) in [6, 6.07) is 0.939. The van der Waals surface area contributed by atoms with Crippen LogP contribution in [0.1, 0.15) is 52.9 Å². The van der Waals surface area contributed by atoms with Crippen LogP contribution < -0.4 is 5.32 Å². The molecule has 3 atom stereocenters. The molecule has 2 aliphatic heterocycles. The number of likely N-dealkylation sites (tertiary alicyclic amines) is 2. The van der Waals surface area contributed by atoms with Crippen LogP contribution in [-0.2, 0) is 4.74 Å². The predicted octanol–water partition coefficient (Wildman–Crippen LogP) is 2.71. The maximum atomic E-state index is 12.4. The van der Waals surface area contributed by atoms with Gasteiger partial charge >= 0.3 is 6.09 Å². The Labute approximate surface area is 147 Å². The molecular formula is C19H35N3O2. The second-order valence-corrected chi connectivity index (χ2v) is 9.21. The second kappa shape index (κ2) is 7.20. The fourth-order valence-electron chi connectivity index (χ4n) is 4.55. The molecule has 0 spiro atoms. The Morgan fingerprint density at radius 3 is 2.54 bits per heavy atom. The molecule has 0 aromatic rings. The zero-order valence-electron chi connectivity index (χ0n) is 15.9. The number of ether oxygens (including phenoxy) is 1. The Hall–Kier alpha value is -0.810. The molecule has 1 aliphatic carbocycles. The highest BCUT2D eigenvalue weighted by Gasteiger charge is 2.42. The van der Waals surface area contributed by atoms with Crippen molar-refractivity contribution < 1.29 is 9.53 Å². The minimum absolute atomic E-state index is 0.119. The highest BCUT2D eigenvalue weighted by atomic mass is 16.6. The van der Waals surface area contributed by atoms with E-state index in [2.05, 4.69) is 17.3 Å². The van der Waals surface area contributed by atoms with Crippen LogP contribution in [0.3, 0.4) is 0 Å². The quantitative estimate of drug-likeness (QED) is 0.860. The minimum atomic E-state index is -0.403. The zero-order valence-corrected chi connectivity index (χ0v) is 15.9. The van der Waals surface area contributed by atoms with Crippen molar-refractivity contribution in [2.75, 3.05) is 33.2 Å². The fraction of sp³-hybridized carbons (Fsp3) is 0.947. The first kappa shape index (κ1) is 18.0. The van der Waals surface area contributed by atoms with Crippen molar-refractivity contribution in [1.82, 2.24) is 15.1 Å². The predicted molar refractivity (Wildman–Crippen MR) is 96.1 cm³/mol. The number of carbonyl (C=O) groups is 1. The van der Waals surface area contributed by atoms with Crippen LogP contribution in [0.4, 0.5) is 4.79 Å². The first-order chi connectivity index (χ1) is 11.3. The average Bonchev–Trinajstić information content (AvgIpc) is 2.80. The third kappa shape index (κ3) is 4.63. The number of nitrogens with zero attached hydrogens (tertiary/aromatic N) is 2. The summed E-state index contributed by atoms with van der Waals surface area (Å²) in [6.45, 7) is 10.3. The Kier molecular flexibility index (Phi) is 5.40. The number of rotatable bonds is 3. The summed E-state index contributed by atoms with van der Waals surface area (Å²) in [5.74, 6) is 1.47. The molecule has 2 bridgehead atoms. The Balaban J connectivity index is 1.46. The average molecular weight is 338 g/mol. The van der Waals surface area contributed by atoms with Crippen LogP contribution in [0.25, 0.3) is 0 Å².